The molecule has 0 bridgehead atoms. The number of imidazole rings is 1. The van der Waals surface area contributed by atoms with Gasteiger partial charge in [0.05, 0.1) is 29.4 Å². The van der Waals surface area contributed by atoms with E-state index >= 15 is 0 Å². The minimum absolute atomic E-state index is 0.0688. The molecule has 0 unspecified atom stereocenters. The Morgan fingerprint density at radius 3 is 2.76 bits per heavy atom. The Hall–Kier alpha value is -3.55. The number of fused-ring (bicyclic) bond motifs is 1. The number of ether oxygens (including phenoxy) is 1. The summed E-state index contributed by atoms with van der Waals surface area (Å²) >= 11 is 1.27. The van der Waals surface area contributed by atoms with Crippen LogP contribution in [0.3, 0.4) is 0 Å². The van der Waals surface area contributed by atoms with Crippen LogP contribution < -0.4 is 10.1 Å². The van der Waals surface area contributed by atoms with E-state index in [2.05, 4.69) is 25.3 Å². The minimum Gasteiger partial charge on any atom is -0.491 e. The summed E-state index contributed by atoms with van der Waals surface area (Å²) < 4.78 is 46.6. The first-order valence-electron chi connectivity index (χ1n) is 9.86. The lowest BCUT2D eigenvalue weighted by molar-refractivity contribution is -0.137. The number of anilines is 1. The van der Waals surface area contributed by atoms with Crippen LogP contribution in [0.2, 0.25) is 0 Å². The number of halogens is 3. The normalized spacial score (nSPS) is 12.6. The smallest absolute Gasteiger partial charge is 0.417 e. The molecule has 0 fully saturated rings. The van der Waals surface area contributed by atoms with Crippen LogP contribution in [0.1, 0.15) is 20.8 Å². The van der Waals surface area contributed by atoms with Crippen LogP contribution >= 0.6 is 11.3 Å². The monoisotopic (exact) mass is 493 g/mol. The van der Waals surface area contributed by atoms with Gasteiger partial charge in [0.2, 0.25) is 0 Å². The number of hydrogen-bond donors (Lipinski definition) is 4. The Kier molecular flexibility index (Phi) is 6.50. The number of aliphatic hydroxyl groups excluding tert-OH is 2. The van der Waals surface area contributed by atoms with Gasteiger partial charge in [-0.15, -0.1) is 11.3 Å². The zero-order valence-corrected chi connectivity index (χ0v) is 18.4. The number of thiazole rings is 1. The van der Waals surface area contributed by atoms with Gasteiger partial charge in [0, 0.05) is 22.8 Å². The Balaban J connectivity index is 1.70. The molecular formula is C21H18F3N5O4S. The highest BCUT2D eigenvalue weighted by molar-refractivity contribution is 7.15. The molecule has 0 saturated carbocycles. The molecule has 1 atom stereocenters. The fraction of sp³-hybridized carbons (Fsp3) is 0.238. The molecule has 1 aromatic carbocycles. The molecule has 0 aliphatic carbocycles. The maximum atomic E-state index is 13.8. The SMILES string of the molecule is Cc1cnc(NC(=O)c2cncc3[nH]c(-c4ccc(OC[C@@H](O)CO)cc4C(F)(F)F)nc23)s1. The van der Waals surface area contributed by atoms with Gasteiger partial charge >= 0.3 is 6.18 Å². The van der Waals surface area contributed by atoms with Crippen LogP contribution in [0.15, 0.2) is 36.8 Å². The first kappa shape index (κ1) is 23.6. The van der Waals surface area contributed by atoms with Crippen LogP contribution in [0.4, 0.5) is 18.3 Å². The molecule has 0 spiro atoms. The lowest BCUT2D eigenvalue weighted by atomic mass is 10.1. The third-order valence-corrected chi connectivity index (χ3v) is 5.51. The Morgan fingerprint density at radius 2 is 2.09 bits per heavy atom. The number of nitrogens with zero attached hydrogens (tertiary/aromatic N) is 3. The van der Waals surface area contributed by atoms with E-state index in [4.69, 9.17) is 9.84 Å². The van der Waals surface area contributed by atoms with Gasteiger partial charge in [-0.2, -0.15) is 13.2 Å². The number of amides is 1. The second kappa shape index (κ2) is 9.37. The second-order valence-corrected chi connectivity index (χ2v) is 8.49. The maximum absolute atomic E-state index is 13.8. The van der Waals surface area contributed by atoms with Crippen molar-refractivity contribution >= 4 is 33.4 Å². The highest BCUT2D eigenvalue weighted by Gasteiger charge is 2.35. The van der Waals surface area contributed by atoms with Gasteiger partial charge < -0.3 is 19.9 Å². The number of hydrogen-bond acceptors (Lipinski definition) is 8. The summed E-state index contributed by atoms with van der Waals surface area (Å²) in [6, 6.07) is 3.24. The molecule has 1 amide bonds. The van der Waals surface area contributed by atoms with Crippen molar-refractivity contribution in [2.75, 3.05) is 18.5 Å². The van der Waals surface area contributed by atoms with E-state index in [9.17, 15) is 23.1 Å². The van der Waals surface area contributed by atoms with E-state index in [1.807, 2.05) is 6.92 Å². The van der Waals surface area contributed by atoms with Gasteiger partial charge in [0.15, 0.2) is 5.13 Å². The number of alkyl halides is 3. The molecule has 0 radical (unpaired) electrons. The van der Waals surface area contributed by atoms with Crippen LogP contribution in [-0.4, -0.2) is 55.4 Å². The average Bonchev–Trinajstić information content (AvgIpc) is 3.42. The quantitative estimate of drug-likeness (QED) is 0.310. The molecular weight excluding hydrogens is 475 g/mol. The molecule has 3 aromatic heterocycles. The highest BCUT2D eigenvalue weighted by Crippen LogP contribution is 2.39. The van der Waals surface area contributed by atoms with Crippen molar-refractivity contribution in [2.24, 2.45) is 0 Å². The third-order valence-electron chi connectivity index (χ3n) is 4.69. The fourth-order valence-corrected chi connectivity index (χ4v) is 3.76. The Labute approximate surface area is 194 Å². The predicted octanol–water partition coefficient (Wildman–Crippen LogP) is 3.39. The first-order valence-corrected chi connectivity index (χ1v) is 10.7. The molecule has 0 saturated heterocycles. The van der Waals surface area contributed by atoms with Gasteiger partial charge in [-0.3, -0.25) is 15.1 Å². The molecule has 4 aromatic rings. The van der Waals surface area contributed by atoms with E-state index in [0.29, 0.717) is 5.13 Å². The number of H-pyrrole nitrogens is 1. The number of benzene rings is 1. The summed E-state index contributed by atoms with van der Waals surface area (Å²) in [5, 5.41) is 21.2. The number of aromatic amines is 1. The van der Waals surface area contributed by atoms with Crippen LogP contribution in [0.5, 0.6) is 5.75 Å². The summed E-state index contributed by atoms with van der Waals surface area (Å²) in [6.07, 6.45) is -1.74. The first-order chi connectivity index (χ1) is 16.2. The van der Waals surface area contributed by atoms with Crippen LogP contribution in [0, 0.1) is 6.92 Å². The van der Waals surface area contributed by atoms with Gasteiger partial charge in [0.25, 0.3) is 5.91 Å². The Bertz CT molecular complexity index is 1340. The summed E-state index contributed by atoms with van der Waals surface area (Å²) in [6.45, 7) is 0.870. The zero-order valence-electron chi connectivity index (χ0n) is 17.6. The number of aliphatic hydroxyl groups is 2. The predicted molar refractivity (Wildman–Crippen MR) is 118 cm³/mol. The number of carbonyl (C=O) groups is 1. The number of pyridine rings is 1. The van der Waals surface area contributed by atoms with Crippen molar-refractivity contribution in [1.29, 1.82) is 0 Å². The van der Waals surface area contributed by atoms with E-state index in [1.54, 1.807) is 6.20 Å². The number of nitrogens with one attached hydrogen (secondary N) is 2. The summed E-state index contributed by atoms with van der Waals surface area (Å²) in [5.74, 6) is -0.802. The van der Waals surface area contributed by atoms with Gasteiger partial charge in [-0.05, 0) is 25.1 Å². The molecule has 0 aliphatic heterocycles. The van der Waals surface area contributed by atoms with Crippen molar-refractivity contribution in [3.8, 4) is 17.1 Å². The summed E-state index contributed by atoms with van der Waals surface area (Å²) in [5.41, 5.74) is -0.799. The molecule has 4 rings (SSSR count). The molecule has 4 N–H and O–H groups in total. The number of carbonyl (C=O) groups excluding carboxylic acids is 1. The van der Waals surface area contributed by atoms with Crippen molar-refractivity contribution in [1.82, 2.24) is 19.9 Å². The minimum atomic E-state index is -4.75. The second-order valence-electron chi connectivity index (χ2n) is 7.25. The van der Waals surface area contributed by atoms with E-state index in [0.717, 1.165) is 10.9 Å². The summed E-state index contributed by atoms with van der Waals surface area (Å²) in [4.78, 5) is 28.7. The molecule has 178 valence electrons. The standard InChI is InChI=1S/C21H18F3N5O4S/c1-10-5-26-20(34-10)29-19(32)14-6-25-7-16-17(14)28-18(27-16)13-3-2-12(33-9-11(31)8-30)4-15(13)21(22,23)24/h2-7,11,30-31H,8-9H2,1H3,(H,27,28)(H,26,29,32)/t11-/m0/s1. The topological polar surface area (TPSA) is 133 Å². The summed E-state index contributed by atoms with van der Waals surface area (Å²) in [7, 11) is 0. The molecule has 3 heterocycles. The van der Waals surface area contributed by atoms with Crippen molar-refractivity contribution in [3.63, 3.8) is 0 Å². The van der Waals surface area contributed by atoms with E-state index in [-0.39, 0.29) is 40.3 Å². The molecule has 34 heavy (non-hydrogen) atoms. The average molecular weight is 493 g/mol. The zero-order chi connectivity index (χ0) is 24.5. The third kappa shape index (κ3) is 5.00. The lowest BCUT2D eigenvalue weighted by Crippen LogP contribution is -2.21. The Morgan fingerprint density at radius 1 is 1.29 bits per heavy atom. The van der Waals surface area contributed by atoms with Crippen LogP contribution in [0.25, 0.3) is 22.4 Å². The van der Waals surface area contributed by atoms with E-state index in [1.165, 1.54) is 35.9 Å². The number of aryl methyl sites for hydroxylation is 1. The van der Waals surface area contributed by atoms with Gasteiger partial charge in [0.1, 0.15) is 29.8 Å². The van der Waals surface area contributed by atoms with E-state index < -0.39 is 30.4 Å². The van der Waals surface area contributed by atoms with Crippen molar-refractivity contribution < 1.29 is 32.9 Å². The van der Waals surface area contributed by atoms with Crippen LogP contribution in [-0.2, 0) is 6.18 Å². The number of aromatic nitrogens is 4. The largest absolute Gasteiger partial charge is 0.491 e. The fourth-order valence-electron chi connectivity index (χ4n) is 3.10. The molecule has 9 nitrogen and oxygen atoms in total. The number of rotatable bonds is 7. The highest BCUT2D eigenvalue weighted by atomic mass is 32.1. The van der Waals surface area contributed by atoms with Crippen molar-refractivity contribution in [2.45, 2.75) is 19.2 Å². The molecule has 13 heteroatoms. The molecule has 0 aliphatic rings. The van der Waals surface area contributed by atoms with Crippen molar-refractivity contribution in [3.05, 3.63) is 52.8 Å². The maximum Gasteiger partial charge on any atom is 0.417 e. The van der Waals surface area contributed by atoms with Gasteiger partial charge in [-0.25, -0.2) is 9.97 Å². The van der Waals surface area contributed by atoms with Gasteiger partial charge in [-0.1, -0.05) is 0 Å². The lowest BCUT2D eigenvalue weighted by Gasteiger charge is -2.15.